The van der Waals surface area contributed by atoms with Crippen molar-refractivity contribution in [2.24, 2.45) is 5.92 Å². The van der Waals surface area contributed by atoms with Crippen molar-refractivity contribution in [3.8, 4) is 11.5 Å². The Bertz CT molecular complexity index is 988. The van der Waals surface area contributed by atoms with Crippen molar-refractivity contribution in [2.45, 2.75) is 24.3 Å². The molecule has 1 amide bonds. The Morgan fingerprint density at radius 2 is 1.97 bits per heavy atom. The van der Waals surface area contributed by atoms with Gasteiger partial charge in [-0.3, -0.25) is 9.78 Å². The van der Waals surface area contributed by atoms with Gasteiger partial charge in [-0.25, -0.2) is 8.42 Å². The van der Waals surface area contributed by atoms with Crippen LogP contribution >= 0.6 is 0 Å². The number of piperidine rings is 1. The first-order chi connectivity index (χ1) is 13.9. The molecule has 0 bridgehead atoms. The van der Waals surface area contributed by atoms with Crippen LogP contribution in [0.4, 0.5) is 0 Å². The quantitative estimate of drug-likeness (QED) is 0.738. The molecule has 1 aromatic carbocycles. The number of aromatic nitrogens is 1. The summed E-state index contributed by atoms with van der Waals surface area (Å²) in [7, 11) is -1.80. The monoisotopic (exact) mass is 417 g/mol. The number of fused-ring (bicyclic) bond motifs is 1. The summed E-state index contributed by atoms with van der Waals surface area (Å²) in [4.78, 5) is 18.6. The normalized spacial score (nSPS) is 17.3. The van der Waals surface area contributed by atoms with Gasteiger partial charge >= 0.3 is 0 Å². The van der Waals surface area contributed by atoms with E-state index in [4.69, 9.17) is 9.47 Å². The van der Waals surface area contributed by atoms with Gasteiger partial charge in [0, 0.05) is 45.0 Å². The first-order valence-electron chi connectivity index (χ1n) is 9.49. The minimum Gasteiger partial charge on any atom is -0.454 e. The summed E-state index contributed by atoms with van der Waals surface area (Å²) in [6.45, 7) is 1.33. The maximum absolute atomic E-state index is 12.9. The summed E-state index contributed by atoms with van der Waals surface area (Å²) in [5.74, 6) is 1.25. The number of nitrogens with zero attached hydrogens (tertiary/aromatic N) is 3. The number of amides is 1. The summed E-state index contributed by atoms with van der Waals surface area (Å²) in [6, 6.07) is 8.79. The number of benzene rings is 1. The first-order valence-corrected chi connectivity index (χ1v) is 10.9. The second kappa shape index (κ2) is 8.00. The zero-order valence-electron chi connectivity index (χ0n) is 16.2. The van der Waals surface area contributed by atoms with Gasteiger partial charge in [-0.2, -0.15) is 4.31 Å². The molecule has 2 aliphatic rings. The maximum atomic E-state index is 12.9. The summed E-state index contributed by atoms with van der Waals surface area (Å²) >= 11 is 0. The van der Waals surface area contributed by atoms with Gasteiger partial charge in [-0.05, 0) is 42.7 Å². The number of rotatable bonds is 5. The van der Waals surface area contributed by atoms with Crippen LogP contribution in [0.5, 0.6) is 11.5 Å². The molecule has 0 atom stereocenters. The van der Waals surface area contributed by atoms with E-state index in [9.17, 15) is 13.2 Å². The number of carbonyl (C=O) groups is 1. The van der Waals surface area contributed by atoms with Gasteiger partial charge in [0.05, 0.1) is 0 Å². The predicted molar refractivity (Wildman–Crippen MR) is 105 cm³/mol. The van der Waals surface area contributed by atoms with Crippen LogP contribution in [-0.2, 0) is 21.4 Å². The average Bonchev–Trinajstić information content (AvgIpc) is 3.22. The van der Waals surface area contributed by atoms with E-state index in [1.54, 1.807) is 30.3 Å². The fraction of sp³-hybridized carbons (Fsp3) is 0.400. The molecule has 1 aromatic heterocycles. The molecule has 0 N–H and O–H groups in total. The van der Waals surface area contributed by atoms with Gasteiger partial charge in [-0.15, -0.1) is 0 Å². The lowest BCUT2D eigenvalue weighted by Crippen LogP contribution is -2.43. The lowest BCUT2D eigenvalue weighted by atomic mass is 9.96. The fourth-order valence-electron chi connectivity index (χ4n) is 3.69. The second-order valence-corrected chi connectivity index (χ2v) is 9.19. The van der Waals surface area contributed by atoms with Crippen molar-refractivity contribution in [1.82, 2.24) is 14.2 Å². The van der Waals surface area contributed by atoms with E-state index in [1.807, 2.05) is 18.2 Å². The van der Waals surface area contributed by atoms with Crippen molar-refractivity contribution in [3.63, 3.8) is 0 Å². The van der Waals surface area contributed by atoms with Crippen LogP contribution in [0.1, 0.15) is 18.4 Å². The fourth-order valence-corrected chi connectivity index (χ4v) is 5.13. The topological polar surface area (TPSA) is 89.0 Å². The largest absolute Gasteiger partial charge is 0.454 e. The second-order valence-electron chi connectivity index (χ2n) is 7.25. The Labute approximate surface area is 170 Å². The Morgan fingerprint density at radius 3 is 2.69 bits per heavy atom. The third-order valence-corrected chi connectivity index (χ3v) is 7.19. The zero-order chi connectivity index (χ0) is 20.4. The highest BCUT2D eigenvalue weighted by molar-refractivity contribution is 7.89. The molecule has 0 spiro atoms. The molecular weight excluding hydrogens is 394 g/mol. The van der Waals surface area contributed by atoms with Gasteiger partial charge in [0.25, 0.3) is 0 Å². The van der Waals surface area contributed by atoms with Crippen LogP contribution in [0, 0.1) is 5.92 Å². The predicted octanol–water partition coefficient (Wildman–Crippen LogP) is 1.87. The van der Waals surface area contributed by atoms with Crippen molar-refractivity contribution in [2.75, 3.05) is 26.9 Å². The number of hydrogen-bond acceptors (Lipinski definition) is 6. The molecule has 1 fully saturated rings. The number of ether oxygens (including phenoxy) is 2. The summed E-state index contributed by atoms with van der Waals surface area (Å²) in [6.07, 6.45) is 3.90. The van der Waals surface area contributed by atoms with Crippen LogP contribution in [0.25, 0.3) is 0 Å². The molecule has 9 heteroatoms. The molecule has 0 radical (unpaired) electrons. The molecule has 4 rings (SSSR count). The van der Waals surface area contributed by atoms with E-state index in [-0.39, 0.29) is 23.5 Å². The van der Waals surface area contributed by atoms with E-state index in [2.05, 4.69) is 4.98 Å². The zero-order valence-corrected chi connectivity index (χ0v) is 17.0. The third-order valence-electron chi connectivity index (χ3n) is 5.31. The molecule has 8 nitrogen and oxygen atoms in total. The minimum atomic E-state index is -3.57. The minimum absolute atomic E-state index is 0.0288. The Hall–Kier alpha value is -2.65. The molecule has 1 saturated heterocycles. The van der Waals surface area contributed by atoms with E-state index in [0.29, 0.717) is 44.0 Å². The molecule has 0 saturated carbocycles. The maximum Gasteiger partial charge on any atom is 0.244 e. The molecular formula is C20H23N3O5S. The average molecular weight is 417 g/mol. The standard InChI is InChI=1S/C20H23N3O5S/c1-22(13-15-4-5-18-19(11-15)28-14-27-18)20(24)16-6-9-23(10-7-16)29(25,26)17-3-2-8-21-12-17/h2-5,8,11-12,16H,6-7,9-10,13-14H2,1H3. The van der Waals surface area contributed by atoms with Crippen molar-refractivity contribution < 1.29 is 22.7 Å². The van der Waals surface area contributed by atoms with Crippen LogP contribution < -0.4 is 9.47 Å². The molecule has 3 heterocycles. The molecule has 0 aliphatic carbocycles. The smallest absolute Gasteiger partial charge is 0.244 e. The van der Waals surface area contributed by atoms with E-state index in [1.165, 1.54) is 10.5 Å². The van der Waals surface area contributed by atoms with Crippen molar-refractivity contribution >= 4 is 15.9 Å². The molecule has 154 valence electrons. The molecule has 2 aromatic rings. The van der Waals surface area contributed by atoms with Crippen LogP contribution in [-0.4, -0.2) is 55.4 Å². The van der Waals surface area contributed by atoms with Gasteiger partial charge in [0.15, 0.2) is 11.5 Å². The highest BCUT2D eigenvalue weighted by Crippen LogP contribution is 2.33. The van der Waals surface area contributed by atoms with Gasteiger partial charge in [0.2, 0.25) is 22.7 Å². The Kier molecular flexibility index (Phi) is 5.42. The summed E-state index contributed by atoms with van der Waals surface area (Å²) in [5, 5.41) is 0. The van der Waals surface area contributed by atoms with Crippen LogP contribution in [0.3, 0.4) is 0 Å². The van der Waals surface area contributed by atoms with Crippen LogP contribution in [0.15, 0.2) is 47.6 Å². The van der Waals surface area contributed by atoms with Crippen molar-refractivity contribution in [3.05, 3.63) is 48.3 Å². The van der Waals surface area contributed by atoms with Gasteiger partial charge in [-0.1, -0.05) is 6.07 Å². The third kappa shape index (κ3) is 4.06. The first kappa shape index (κ1) is 19.7. The lowest BCUT2D eigenvalue weighted by Gasteiger charge is -2.32. The molecule has 0 unspecified atom stereocenters. The number of sulfonamides is 1. The van der Waals surface area contributed by atoms with Crippen molar-refractivity contribution in [1.29, 1.82) is 0 Å². The van der Waals surface area contributed by atoms with Gasteiger partial charge in [0.1, 0.15) is 4.90 Å². The number of hydrogen-bond donors (Lipinski definition) is 0. The summed E-state index contributed by atoms with van der Waals surface area (Å²) < 4.78 is 37.5. The Balaban J connectivity index is 1.35. The van der Waals surface area contributed by atoms with E-state index < -0.39 is 10.0 Å². The summed E-state index contributed by atoms with van der Waals surface area (Å²) in [5.41, 5.74) is 0.960. The number of carbonyl (C=O) groups excluding carboxylic acids is 1. The van der Waals surface area contributed by atoms with E-state index >= 15 is 0 Å². The molecule has 2 aliphatic heterocycles. The van der Waals surface area contributed by atoms with Crippen LogP contribution in [0.2, 0.25) is 0 Å². The van der Waals surface area contributed by atoms with Gasteiger partial charge < -0.3 is 14.4 Å². The van der Waals surface area contributed by atoms with E-state index in [0.717, 1.165) is 5.56 Å². The highest BCUT2D eigenvalue weighted by Gasteiger charge is 2.33. The highest BCUT2D eigenvalue weighted by atomic mass is 32.2. The molecule has 29 heavy (non-hydrogen) atoms. The SMILES string of the molecule is CN(Cc1ccc2c(c1)OCO2)C(=O)C1CCN(S(=O)(=O)c2cccnc2)CC1. The Morgan fingerprint density at radius 1 is 1.21 bits per heavy atom. The number of pyridine rings is 1. The lowest BCUT2D eigenvalue weighted by molar-refractivity contribution is -0.135.